The molecule has 0 unspecified atom stereocenters. The lowest BCUT2D eigenvalue weighted by Crippen LogP contribution is -2.66. The Morgan fingerprint density at radius 2 is 1.42 bits per heavy atom. The first-order valence-electron chi connectivity index (χ1n) is 16.9. The average Bonchev–Trinajstić information content (AvgIpc) is 2.96. The summed E-state index contributed by atoms with van der Waals surface area (Å²) in [5.74, 6) is -1.91. The molecule has 1 aromatic rings. The minimum absolute atomic E-state index is 0.0166. The summed E-state index contributed by atoms with van der Waals surface area (Å²) >= 11 is 0. The van der Waals surface area contributed by atoms with Gasteiger partial charge in [0.1, 0.15) is 6.10 Å². The number of carboxylic acid groups (broad SMARTS) is 2. The standard InChI is InChI=1S/C38H50O7/c1-33(2)27-12-15-38(7)29(36(27,5)14-13-28(33)45-31(42)23-10-8-22(9-11-23)30(40)41)26(39)20-24-25-21-35(4,32(43)44)17-16-34(25,3)18-19-37(24,38)6/h8-11,20,25,27-29H,12-19,21H2,1-7H3,(H,40,41)(H,43,44)/t25-,27-,28-,29+,34+,35-,36-,37+,38+/m0/s1. The summed E-state index contributed by atoms with van der Waals surface area (Å²) in [7, 11) is 0. The fourth-order valence-electron chi connectivity index (χ4n) is 11.5. The summed E-state index contributed by atoms with van der Waals surface area (Å²) in [4.78, 5) is 51.4. The minimum atomic E-state index is -1.04. The molecule has 0 spiro atoms. The van der Waals surface area contributed by atoms with Crippen molar-refractivity contribution in [3.63, 3.8) is 0 Å². The van der Waals surface area contributed by atoms with Gasteiger partial charge >= 0.3 is 17.9 Å². The molecule has 0 aliphatic heterocycles. The van der Waals surface area contributed by atoms with Crippen molar-refractivity contribution < 1.29 is 34.1 Å². The van der Waals surface area contributed by atoms with Gasteiger partial charge in [0.05, 0.1) is 16.5 Å². The molecule has 4 saturated carbocycles. The fourth-order valence-corrected chi connectivity index (χ4v) is 11.5. The monoisotopic (exact) mass is 618 g/mol. The zero-order valence-electron chi connectivity index (χ0n) is 28.0. The molecule has 0 saturated heterocycles. The first kappa shape index (κ1) is 32.0. The first-order valence-corrected chi connectivity index (χ1v) is 16.9. The number of aliphatic carboxylic acids is 1. The number of ether oxygens (including phenoxy) is 1. The van der Waals surface area contributed by atoms with Crippen molar-refractivity contribution in [3.8, 4) is 0 Å². The van der Waals surface area contributed by atoms with E-state index >= 15 is 0 Å². The Morgan fingerprint density at radius 1 is 0.800 bits per heavy atom. The number of fused-ring (bicyclic) bond motifs is 7. The molecule has 5 aliphatic carbocycles. The predicted octanol–water partition coefficient (Wildman–Crippen LogP) is 7.98. The Bertz CT molecular complexity index is 1490. The Labute approximate surface area is 267 Å². The number of carbonyl (C=O) groups is 4. The molecule has 1 aromatic carbocycles. The van der Waals surface area contributed by atoms with Crippen LogP contribution < -0.4 is 0 Å². The van der Waals surface area contributed by atoms with E-state index in [0.29, 0.717) is 24.8 Å². The summed E-state index contributed by atoms with van der Waals surface area (Å²) in [5.41, 5.74) is -0.157. The lowest BCUT2D eigenvalue weighted by molar-refractivity contribution is -0.202. The van der Waals surface area contributed by atoms with Crippen molar-refractivity contribution in [1.82, 2.24) is 0 Å². The zero-order chi connectivity index (χ0) is 33.0. The molecule has 7 heteroatoms. The van der Waals surface area contributed by atoms with Crippen molar-refractivity contribution in [3.05, 3.63) is 47.0 Å². The van der Waals surface area contributed by atoms with Crippen LogP contribution in [0.4, 0.5) is 0 Å². The van der Waals surface area contributed by atoms with Gasteiger partial charge in [-0.3, -0.25) is 9.59 Å². The summed E-state index contributed by atoms with van der Waals surface area (Å²) in [6, 6.07) is 5.85. The van der Waals surface area contributed by atoms with Crippen LogP contribution in [0.1, 0.15) is 127 Å². The van der Waals surface area contributed by atoms with E-state index < -0.39 is 23.3 Å². The van der Waals surface area contributed by atoms with Gasteiger partial charge in [-0.05, 0) is 129 Å². The minimum Gasteiger partial charge on any atom is -0.481 e. The highest BCUT2D eigenvalue weighted by molar-refractivity contribution is 5.96. The number of aromatic carboxylic acids is 1. The van der Waals surface area contributed by atoms with Crippen molar-refractivity contribution >= 4 is 23.7 Å². The molecule has 244 valence electrons. The second-order valence-corrected chi connectivity index (χ2v) is 17.2. The number of hydrogen-bond donors (Lipinski definition) is 2. The van der Waals surface area contributed by atoms with Gasteiger partial charge in [0.2, 0.25) is 0 Å². The lowest BCUT2D eigenvalue weighted by atomic mass is 9.33. The van der Waals surface area contributed by atoms with Crippen LogP contribution in [0.5, 0.6) is 0 Å². The zero-order valence-corrected chi connectivity index (χ0v) is 28.0. The smallest absolute Gasteiger partial charge is 0.338 e. The largest absolute Gasteiger partial charge is 0.481 e. The summed E-state index contributed by atoms with van der Waals surface area (Å²) in [6.07, 6.45) is 9.14. The van der Waals surface area contributed by atoms with Gasteiger partial charge in [0.15, 0.2) is 5.78 Å². The van der Waals surface area contributed by atoms with Crippen LogP contribution in [-0.2, 0) is 14.3 Å². The molecule has 0 heterocycles. The van der Waals surface area contributed by atoms with E-state index in [0.717, 1.165) is 38.5 Å². The molecule has 4 fully saturated rings. The van der Waals surface area contributed by atoms with Gasteiger partial charge in [-0.25, -0.2) is 9.59 Å². The van der Waals surface area contributed by atoms with Crippen molar-refractivity contribution in [2.75, 3.05) is 0 Å². The van der Waals surface area contributed by atoms with Crippen LogP contribution in [0.3, 0.4) is 0 Å². The SMILES string of the molecule is CC1(C)[C@@H](OC(=O)c2ccc(C(=O)O)cc2)CC[C@]2(C)[C@H]3C(=O)C=C4[C@@H]5C[C@@](C)(C(=O)O)CC[C@]5(C)CC[C@@]4(C)[C@]3(C)CC[C@@H]12. The molecule has 45 heavy (non-hydrogen) atoms. The van der Waals surface area contributed by atoms with Crippen LogP contribution in [-0.4, -0.2) is 40.0 Å². The second kappa shape index (κ2) is 10.0. The van der Waals surface area contributed by atoms with Gasteiger partial charge in [0, 0.05) is 11.3 Å². The number of hydrogen-bond acceptors (Lipinski definition) is 5. The fraction of sp³-hybridized carbons (Fsp3) is 0.684. The van der Waals surface area contributed by atoms with E-state index in [2.05, 4.69) is 41.5 Å². The van der Waals surface area contributed by atoms with Crippen LogP contribution in [0.25, 0.3) is 0 Å². The Kier molecular flexibility index (Phi) is 7.12. The normalized spacial score (nSPS) is 43.4. The maximum Gasteiger partial charge on any atom is 0.338 e. The van der Waals surface area contributed by atoms with E-state index in [-0.39, 0.29) is 62.3 Å². The average molecular weight is 619 g/mol. The van der Waals surface area contributed by atoms with Gasteiger partial charge in [-0.15, -0.1) is 0 Å². The summed E-state index contributed by atoms with van der Waals surface area (Å²) < 4.78 is 6.16. The molecule has 0 bridgehead atoms. The third-order valence-corrected chi connectivity index (χ3v) is 14.6. The molecule has 5 aliphatic rings. The van der Waals surface area contributed by atoms with Crippen LogP contribution in [0.15, 0.2) is 35.9 Å². The number of carboxylic acids is 2. The van der Waals surface area contributed by atoms with Gasteiger partial charge in [-0.2, -0.15) is 0 Å². The van der Waals surface area contributed by atoms with E-state index in [1.807, 2.05) is 13.0 Å². The van der Waals surface area contributed by atoms with Crippen LogP contribution >= 0.6 is 0 Å². The highest BCUT2D eigenvalue weighted by atomic mass is 16.5. The molecular weight excluding hydrogens is 568 g/mol. The highest BCUT2D eigenvalue weighted by Crippen LogP contribution is 2.75. The van der Waals surface area contributed by atoms with E-state index in [1.54, 1.807) is 0 Å². The molecule has 7 nitrogen and oxygen atoms in total. The highest BCUT2D eigenvalue weighted by Gasteiger charge is 2.70. The third-order valence-electron chi connectivity index (χ3n) is 14.6. The third kappa shape index (κ3) is 4.41. The van der Waals surface area contributed by atoms with E-state index in [4.69, 9.17) is 4.74 Å². The topological polar surface area (TPSA) is 118 Å². The molecule has 9 atom stereocenters. The Balaban J connectivity index is 1.31. The van der Waals surface area contributed by atoms with Crippen molar-refractivity contribution in [2.45, 2.75) is 112 Å². The number of allylic oxidation sites excluding steroid dienone is 2. The number of ketones is 1. The van der Waals surface area contributed by atoms with Gasteiger partial charge in [0.25, 0.3) is 0 Å². The number of carbonyl (C=O) groups excluding carboxylic acids is 2. The molecule has 0 aromatic heterocycles. The molecule has 0 amide bonds. The number of esters is 1. The van der Waals surface area contributed by atoms with Gasteiger partial charge < -0.3 is 14.9 Å². The van der Waals surface area contributed by atoms with E-state index in [1.165, 1.54) is 29.8 Å². The summed E-state index contributed by atoms with van der Waals surface area (Å²) in [6.45, 7) is 15.6. The van der Waals surface area contributed by atoms with Gasteiger partial charge in [-0.1, -0.05) is 47.1 Å². The maximum atomic E-state index is 14.6. The van der Waals surface area contributed by atoms with Crippen LogP contribution in [0, 0.1) is 50.2 Å². The van der Waals surface area contributed by atoms with Crippen molar-refractivity contribution in [1.29, 1.82) is 0 Å². The molecule has 0 radical (unpaired) electrons. The van der Waals surface area contributed by atoms with E-state index in [9.17, 15) is 29.4 Å². The van der Waals surface area contributed by atoms with Crippen LogP contribution in [0.2, 0.25) is 0 Å². The molecule has 2 N–H and O–H groups in total. The Morgan fingerprint density at radius 3 is 2.04 bits per heavy atom. The lowest BCUT2D eigenvalue weighted by Gasteiger charge is -2.70. The number of rotatable bonds is 4. The predicted molar refractivity (Wildman–Crippen MR) is 170 cm³/mol. The second-order valence-electron chi connectivity index (χ2n) is 17.2. The summed E-state index contributed by atoms with van der Waals surface area (Å²) in [5, 5.41) is 19.4. The first-order chi connectivity index (χ1) is 20.8. The Hall–Kier alpha value is -2.96. The quantitative estimate of drug-likeness (QED) is 0.329. The van der Waals surface area contributed by atoms with Crippen molar-refractivity contribution in [2.24, 2.45) is 50.2 Å². The molecule has 6 rings (SSSR count). The number of benzene rings is 1. The maximum absolute atomic E-state index is 14.6. The molecular formula is C38H50O7.